The quantitative estimate of drug-likeness (QED) is 0.772. The van der Waals surface area contributed by atoms with E-state index in [0.717, 1.165) is 11.1 Å². The number of para-hydroxylation sites is 1. The van der Waals surface area contributed by atoms with Crippen molar-refractivity contribution in [2.45, 2.75) is 13.0 Å². The van der Waals surface area contributed by atoms with Crippen LogP contribution in [0.5, 0.6) is 0 Å². The third kappa shape index (κ3) is 2.24. The SMILES string of the molecule is CC(O)c1ccc(-c2cc(=O)c3ccccc3o2)cc1. The van der Waals surface area contributed by atoms with Gasteiger partial charge < -0.3 is 9.52 Å². The van der Waals surface area contributed by atoms with E-state index in [2.05, 4.69) is 0 Å². The molecule has 0 radical (unpaired) electrons. The molecule has 0 bridgehead atoms. The Morgan fingerprint density at radius 2 is 1.75 bits per heavy atom. The summed E-state index contributed by atoms with van der Waals surface area (Å²) >= 11 is 0. The largest absolute Gasteiger partial charge is 0.456 e. The van der Waals surface area contributed by atoms with Gasteiger partial charge in [0.1, 0.15) is 11.3 Å². The van der Waals surface area contributed by atoms with Crippen LogP contribution in [0.1, 0.15) is 18.6 Å². The molecule has 3 nitrogen and oxygen atoms in total. The van der Waals surface area contributed by atoms with Crippen LogP contribution in [0.25, 0.3) is 22.3 Å². The van der Waals surface area contributed by atoms with E-state index in [0.29, 0.717) is 16.7 Å². The van der Waals surface area contributed by atoms with E-state index in [4.69, 9.17) is 4.42 Å². The summed E-state index contributed by atoms with van der Waals surface area (Å²) in [6.45, 7) is 1.71. The van der Waals surface area contributed by atoms with Crippen molar-refractivity contribution >= 4 is 11.0 Å². The third-order valence-corrected chi connectivity index (χ3v) is 3.31. The lowest BCUT2D eigenvalue weighted by Gasteiger charge is -2.06. The molecule has 1 N–H and O–H groups in total. The second-order valence-electron chi connectivity index (χ2n) is 4.77. The summed E-state index contributed by atoms with van der Waals surface area (Å²) in [5.74, 6) is 0.533. The maximum atomic E-state index is 12.0. The number of fused-ring (bicyclic) bond motifs is 1. The molecule has 1 atom stereocenters. The van der Waals surface area contributed by atoms with E-state index < -0.39 is 6.10 Å². The summed E-state index contributed by atoms with van der Waals surface area (Å²) in [6.07, 6.45) is -0.507. The maximum absolute atomic E-state index is 12.0. The van der Waals surface area contributed by atoms with Crippen molar-refractivity contribution in [3.8, 4) is 11.3 Å². The van der Waals surface area contributed by atoms with Gasteiger partial charge in [-0.2, -0.15) is 0 Å². The van der Waals surface area contributed by atoms with Crippen molar-refractivity contribution in [3.63, 3.8) is 0 Å². The molecule has 3 heteroatoms. The van der Waals surface area contributed by atoms with E-state index in [1.807, 2.05) is 36.4 Å². The fraction of sp³-hybridized carbons (Fsp3) is 0.118. The minimum Gasteiger partial charge on any atom is -0.456 e. The van der Waals surface area contributed by atoms with Crippen molar-refractivity contribution < 1.29 is 9.52 Å². The van der Waals surface area contributed by atoms with Crippen molar-refractivity contribution in [3.05, 3.63) is 70.4 Å². The fourth-order valence-electron chi connectivity index (χ4n) is 2.17. The molecule has 0 aliphatic rings. The second-order valence-corrected chi connectivity index (χ2v) is 4.77. The van der Waals surface area contributed by atoms with Gasteiger partial charge >= 0.3 is 0 Å². The monoisotopic (exact) mass is 266 g/mol. The first kappa shape index (κ1) is 12.6. The first-order valence-electron chi connectivity index (χ1n) is 6.46. The molecule has 0 aliphatic heterocycles. The Morgan fingerprint density at radius 1 is 1.05 bits per heavy atom. The summed E-state index contributed by atoms with van der Waals surface area (Å²) in [7, 11) is 0. The molecule has 1 unspecified atom stereocenters. The van der Waals surface area contributed by atoms with Crippen molar-refractivity contribution in [1.82, 2.24) is 0 Å². The van der Waals surface area contributed by atoms with Gasteiger partial charge in [-0.15, -0.1) is 0 Å². The van der Waals surface area contributed by atoms with Gasteiger partial charge in [-0.05, 0) is 24.6 Å². The zero-order chi connectivity index (χ0) is 14.1. The summed E-state index contributed by atoms with van der Waals surface area (Å²) in [6, 6.07) is 16.0. The molecule has 3 aromatic rings. The van der Waals surface area contributed by atoms with Gasteiger partial charge in [0, 0.05) is 11.6 Å². The van der Waals surface area contributed by atoms with Crippen LogP contribution in [0.3, 0.4) is 0 Å². The van der Waals surface area contributed by atoms with Crippen molar-refractivity contribution in [2.75, 3.05) is 0 Å². The molecule has 0 fully saturated rings. The topological polar surface area (TPSA) is 50.4 Å². The molecule has 20 heavy (non-hydrogen) atoms. The Balaban J connectivity index is 2.12. The van der Waals surface area contributed by atoms with Gasteiger partial charge in [-0.3, -0.25) is 4.79 Å². The number of rotatable bonds is 2. The van der Waals surface area contributed by atoms with Gasteiger partial charge in [-0.25, -0.2) is 0 Å². The average Bonchev–Trinajstić information content (AvgIpc) is 2.47. The molecule has 3 rings (SSSR count). The molecule has 0 amide bonds. The van der Waals surface area contributed by atoms with Crippen LogP contribution in [-0.2, 0) is 0 Å². The van der Waals surface area contributed by atoms with E-state index in [-0.39, 0.29) is 5.43 Å². The van der Waals surface area contributed by atoms with Crippen LogP contribution in [0.15, 0.2) is 63.8 Å². The zero-order valence-corrected chi connectivity index (χ0v) is 11.0. The van der Waals surface area contributed by atoms with Crippen LogP contribution in [0, 0.1) is 0 Å². The fourth-order valence-corrected chi connectivity index (χ4v) is 2.17. The first-order chi connectivity index (χ1) is 9.65. The van der Waals surface area contributed by atoms with E-state index in [1.54, 1.807) is 19.1 Å². The molecule has 1 heterocycles. The highest BCUT2D eigenvalue weighted by atomic mass is 16.3. The normalized spacial score (nSPS) is 12.5. The zero-order valence-electron chi connectivity index (χ0n) is 11.0. The van der Waals surface area contributed by atoms with Crippen LogP contribution in [0.4, 0.5) is 0 Å². The molecule has 0 saturated heterocycles. The first-order valence-corrected chi connectivity index (χ1v) is 6.46. The molecule has 100 valence electrons. The maximum Gasteiger partial charge on any atom is 0.193 e. The Bertz CT molecular complexity index is 798. The molecule has 0 spiro atoms. The van der Waals surface area contributed by atoms with Crippen LogP contribution in [0.2, 0.25) is 0 Å². The second kappa shape index (κ2) is 4.94. The lowest BCUT2D eigenvalue weighted by Crippen LogP contribution is -2.00. The smallest absolute Gasteiger partial charge is 0.193 e. The summed E-state index contributed by atoms with van der Waals surface area (Å²) in [5.41, 5.74) is 2.17. The van der Waals surface area contributed by atoms with Crippen molar-refractivity contribution in [1.29, 1.82) is 0 Å². The number of hydrogen-bond donors (Lipinski definition) is 1. The number of hydrogen-bond acceptors (Lipinski definition) is 3. The Hall–Kier alpha value is -2.39. The van der Waals surface area contributed by atoms with Gasteiger partial charge in [0.05, 0.1) is 11.5 Å². The molecule has 0 saturated carbocycles. The lowest BCUT2D eigenvalue weighted by atomic mass is 10.1. The van der Waals surface area contributed by atoms with Crippen LogP contribution < -0.4 is 5.43 Å². The molecular weight excluding hydrogens is 252 g/mol. The number of benzene rings is 2. The van der Waals surface area contributed by atoms with Crippen molar-refractivity contribution in [2.24, 2.45) is 0 Å². The van der Waals surface area contributed by atoms with E-state index in [1.165, 1.54) is 6.07 Å². The number of aliphatic hydroxyl groups excluding tert-OH is 1. The molecule has 1 aromatic heterocycles. The summed E-state index contributed by atoms with van der Waals surface area (Å²) in [4.78, 5) is 12.0. The van der Waals surface area contributed by atoms with Crippen LogP contribution >= 0.6 is 0 Å². The highest BCUT2D eigenvalue weighted by Crippen LogP contribution is 2.23. The minimum absolute atomic E-state index is 0.0542. The standard InChI is InChI=1S/C17H14O3/c1-11(18)12-6-8-13(9-7-12)17-10-15(19)14-4-2-3-5-16(14)20-17/h2-11,18H,1H3. The highest BCUT2D eigenvalue weighted by Gasteiger charge is 2.07. The Labute approximate surface area is 116 Å². The lowest BCUT2D eigenvalue weighted by molar-refractivity contribution is 0.199. The Kier molecular flexibility index (Phi) is 3.12. The summed E-state index contributed by atoms with van der Waals surface area (Å²) < 4.78 is 5.77. The van der Waals surface area contributed by atoms with Gasteiger partial charge in [0.15, 0.2) is 5.43 Å². The summed E-state index contributed by atoms with van der Waals surface area (Å²) in [5, 5.41) is 10.1. The predicted octanol–water partition coefficient (Wildman–Crippen LogP) is 3.51. The third-order valence-electron chi connectivity index (χ3n) is 3.31. The Morgan fingerprint density at radius 3 is 2.45 bits per heavy atom. The highest BCUT2D eigenvalue weighted by molar-refractivity contribution is 5.78. The molecule has 2 aromatic carbocycles. The number of aliphatic hydroxyl groups is 1. The molecule has 0 aliphatic carbocycles. The van der Waals surface area contributed by atoms with Gasteiger partial charge in [0.2, 0.25) is 0 Å². The minimum atomic E-state index is -0.507. The predicted molar refractivity (Wildman–Crippen MR) is 78.6 cm³/mol. The van der Waals surface area contributed by atoms with E-state index >= 15 is 0 Å². The average molecular weight is 266 g/mol. The van der Waals surface area contributed by atoms with E-state index in [9.17, 15) is 9.90 Å². The van der Waals surface area contributed by atoms with Gasteiger partial charge in [0.25, 0.3) is 0 Å². The molecular formula is C17H14O3. The van der Waals surface area contributed by atoms with Gasteiger partial charge in [-0.1, -0.05) is 36.4 Å². The van der Waals surface area contributed by atoms with Crippen LogP contribution in [-0.4, -0.2) is 5.11 Å².